The molecule has 13 heavy (non-hydrogen) atoms. The van der Waals surface area contributed by atoms with Gasteiger partial charge in [-0.3, -0.25) is 0 Å². The van der Waals surface area contributed by atoms with Crippen molar-refractivity contribution >= 4 is 17.3 Å². The van der Waals surface area contributed by atoms with E-state index in [1.165, 1.54) is 0 Å². The van der Waals surface area contributed by atoms with Crippen molar-refractivity contribution in [2.24, 2.45) is 0 Å². The lowest BCUT2D eigenvalue weighted by Crippen LogP contribution is -2.26. The molecule has 2 heteroatoms. The molecule has 0 aliphatic carbocycles. The fraction of sp³-hybridized carbons (Fsp3) is 0.273. The lowest BCUT2D eigenvalue weighted by atomic mass is 10.2. The fourth-order valence-corrected chi connectivity index (χ4v) is 1.82. The van der Waals surface area contributed by atoms with E-state index in [2.05, 4.69) is 23.1 Å². The molecule has 0 amide bonds. The number of nitrogens with zero attached hydrogens (tertiary/aromatic N) is 1. The van der Waals surface area contributed by atoms with Gasteiger partial charge < -0.3 is 4.90 Å². The maximum Gasteiger partial charge on any atom is 0.0639 e. The Labute approximate surface area is 83.6 Å². The molecule has 68 valence electrons. The average Bonchev–Trinajstić information content (AvgIpc) is 2.20. The van der Waals surface area contributed by atoms with Gasteiger partial charge in [0.25, 0.3) is 0 Å². The summed E-state index contributed by atoms with van der Waals surface area (Å²) in [7, 11) is 0. The molecule has 1 aromatic carbocycles. The van der Waals surface area contributed by atoms with Crippen LogP contribution in [-0.4, -0.2) is 13.1 Å². The van der Waals surface area contributed by atoms with E-state index < -0.39 is 0 Å². The highest BCUT2D eigenvalue weighted by atomic mass is 35.5. The van der Waals surface area contributed by atoms with E-state index in [-0.39, 0.29) is 0 Å². The number of hydrogen-bond donors (Lipinski definition) is 0. The monoisotopic (exact) mass is 193 g/mol. The third kappa shape index (κ3) is 1.86. The summed E-state index contributed by atoms with van der Waals surface area (Å²) in [4.78, 5) is 2.29. The van der Waals surface area contributed by atoms with Gasteiger partial charge in [-0.25, -0.2) is 0 Å². The molecule has 1 aliphatic rings. The van der Waals surface area contributed by atoms with Crippen molar-refractivity contribution in [3.63, 3.8) is 0 Å². The molecule has 0 atom stereocenters. The van der Waals surface area contributed by atoms with Crippen LogP contribution in [0.1, 0.15) is 6.42 Å². The Balaban J connectivity index is 2.24. The summed E-state index contributed by atoms with van der Waals surface area (Å²) in [6, 6.07) is 8.00. The number of halogens is 1. The predicted molar refractivity (Wildman–Crippen MR) is 57.4 cm³/mol. The van der Waals surface area contributed by atoms with Crippen molar-refractivity contribution in [1.29, 1.82) is 0 Å². The maximum atomic E-state index is 6.09. The number of hydrogen-bond acceptors (Lipinski definition) is 1. The van der Waals surface area contributed by atoms with Gasteiger partial charge in [0.1, 0.15) is 0 Å². The second kappa shape index (κ2) is 3.84. The van der Waals surface area contributed by atoms with Crippen LogP contribution in [0.2, 0.25) is 5.02 Å². The Morgan fingerprint density at radius 3 is 2.69 bits per heavy atom. The van der Waals surface area contributed by atoms with Crippen molar-refractivity contribution in [2.45, 2.75) is 6.42 Å². The molecular formula is C11H12ClN. The molecule has 0 spiro atoms. The molecule has 0 unspecified atom stereocenters. The Morgan fingerprint density at radius 1 is 1.15 bits per heavy atom. The third-order valence-electron chi connectivity index (χ3n) is 2.25. The molecule has 1 aromatic rings. The zero-order valence-corrected chi connectivity index (χ0v) is 8.17. The van der Waals surface area contributed by atoms with E-state index in [9.17, 15) is 0 Å². The van der Waals surface area contributed by atoms with Crippen LogP contribution in [0.15, 0.2) is 36.4 Å². The Bertz CT molecular complexity index is 320. The first kappa shape index (κ1) is 8.64. The highest BCUT2D eigenvalue weighted by Crippen LogP contribution is 2.26. The smallest absolute Gasteiger partial charge is 0.0639 e. The molecule has 0 saturated heterocycles. The number of benzene rings is 1. The summed E-state index contributed by atoms with van der Waals surface area (Å²) >= 11 is 6.09. The van der Waals surface area contributed by atoms with Crippen LogP contribution in [0.3, 0.4) is 0 Å². The van der Waals surface area contributed by atoms with Gasteiger partial charge in [0.05, 0.1) is 10.7 Å². The molecule has 0 aromatic heterocycles. The highest BCUT2D eigenvalue weighted by Gasteiger charge is 2.09. The first-order chi connectivity index (χ1) is 6.38. The SMILES string of the molecule is Clc1ccccc1N1CC=CCC1. The molecule has 0 saturated carbocycles. The summed E-state index contributed by atoms with van der Waals surface area (Å²) in [5, 5.41) is 0.845. The lowest BCUT2D eigenvalue weighted by Gasteiger charge is -2.26. The van der Waals surface area contributed by atoms with Crippen molar-refractivity contribution in [3.05, 3.63) is 41.4 Å². The predicted octanol–water partition coefficient (Wildman–Crippen LogP) is 3.11. The van der Waals surface area contributed by atoms with E-state index in [4.69, 9.17) is 11.6 Å². The third-order valence-corrected chi connectivity index (χ3v) is 2.57. The lowest BCUT2D eigenvalue weighted by molar-refractivity contribution is 0.821. The molecule has 1 aliphatic heterocycles. The number of anilines is 1. The second-order valence-corrected chi connectivity index (χ2v) is 3.56. The number of para-hydroxylation sites is 1. The van der Waals surface area contributed by atoms with E-state index in [1.807, 2.05) is 18.2 Å². The van der Waals surface area contributed by atoms with Crippen LogP contribution in [0.4, 0.5) is 5.69 Å². The van der Waals surface area contributed by atoms with Gasteiger partial charge in [0, 0.05) is 13.1 Å². The van der Waals surface area contributed by atoms with Crippen LogP contribution < -0.4 is 4.90 Å². The van der Waals surface area contributed by atoms with Crippen molar-refractivity contribution in [2.75, 3.05) is 18.0 Å². The standard InChI is InChI=1S/C11H12ClN/c12-10-6-2-3-7-11(10)13-8-4-1-5-9-13/h1-4,6-7H,5,8-9H2. The fourth-order valence-electron chi connectivity index (χ4n) is 1.57. The van der Waals surface area contributed by atoms with Crippen molar-refractivity contribution in [1.82, 2.24) is 0 Å². The Kier molecular flexibility index (Phi) is 2.55. The number of rotatable bonds is 1. The van der Waals surface area contributed by atoms with Gasteiger partial charge >= 0.3 is 0 Å². The minimum absolute atomic E-state index is 0.845. The maximum absolute atomic E-state index is 6.09. The largest absolute Gasteiger partial charge is 0.366 e. The summed E-state index contributed by atoms with van der Waals surface area (Å²) in [5.74, 6) is 0. The molecule has 0 N–H and O–H groups in total. The van der Waals surface area contributed by atoms with Gasteiger partial charge in [0.15, 0.2) is 0 Å². The summed E-state index contributed by atoms with van der Waals surface area (Å²) in [5.41, 5.74) is 1.15. The molecule has 0 fully saturated rings. The van der Waals surface area contributed by atoms with E-state index in [1.54, 1.807) is 0 Å². The second-order valence-electron chi connectivity index (χ2n) is 3.16. The topological polar surface area (TPSA) is 3.24 Å². The first-order valence-corrected chi connectivity index (χ1v) is 4.90. The van der Waals surface area contributed by atoms with Crippen LogP contribution in [0.5, 0.6) is 0 Å². The van der Waals surface area contributed by atoms with Gasteiger partial charge in [-0.2, -0.15) is 0 Å². The van der Waals surface area contributed by atoms with Crippen LogP contribution in [-0.2, 0) is 0 Å². The first-order valence-electron chi connectivity index (χ1n) is 4.52. The molecular weight excluding hydrogens is 182 g/mol. The van der Waals surface area contributed by atoms with Crippen molar-refractivity contribution < 1.29 is 0 Å². The zero-order chi connectivity index (χ0) is 9.10. The van der Waals surface area contributed by atoms with Gasteiger partial charge in [-0.05, 0) is 18.6 Å². The van der Waals surface area contributed by atoms with Gasteiger partial charge in [-0.15, -0.1) is 0 Å². The molecule has 0 radical (unpaired) electrons. The van der Waals surface area contributed by atoms with E-state index in [0.29, 0.717) is 0 Å². The molecule has 2 rings (SSSR count). The molecule has 1 nitrogen and oxygen atoms in total. The highest BCUT2D eigenvalue weighted by molar-refractivity contribution is 6.33. The van der Waals surface area contributed by atoms with Crippen LogP contribution in [0.25, 0.3) is 0 Å². The average molecular weight is 194 g/mol. The van der Waals surface area contributed by atoms with Gasteiger partial charge in [0.2, 0.25) is 0 Å². The van der Waals surface area contributed by atoms with Crippen LogP contribution >= 0.6 is 11.6 Å². The van der Waals surface area contributed by atoms with E-state index >= 15 is 0 Å². The Morgan fingerprint density at radius 2 is 2.00 bits per heavy atom. The summed E-state index contributed by atoms with van der Waals surface area (Å²) < 4.78 is 0. The Hall–Kier alpha value is -0.950. The zero-order valence-electron chi connectivity index (χ0n) is 7.41. The normalized spacial score (nSPS) is 16.2. The molecule has 0 bridgehead atoms. The summed E-state index contributed by atoms with van der Waals surface area (Å²) in [6.45, 7) is 2.05. The van der Waals surface area contributed by atoms with Crippen molar-refractivity contribution in [3.8, 4) is 0 Å². The summed E-state index contributed by atoms with van der Waals surface area (Å²) in [6.07, 6.45) is 5.52. The van der Waals surface area contributed by atoms with E-state index in [0.717, 1.165) is 30.2 Å². The minimum atomic E-state index is 0.845. The minimum Gasteiger partial charge on any atom is -0.366 e. The molecule has 1 heterocycles. The van der Waals surface area contributed by atoms with Crippen LogP contribution in [0, 0.1) is 0 Å². The van der Waals surface area contributed by atoms with Gasteiger partial charge in [-0.1, -0.05) is 35.9 Å². The quantitative estimate of drug-likeness (QED) is 0.620.